The zero-order valence-electron chi connectivity index (χ0n) is 15.8. The molecule has 144 valence electrons. The maximum Gasteiger partial charge on any atom is 0.305 e. The predicted molar refractivity (Wildman–Crippen MR) is 107 cm³/mol. The number of esters is 1. The van der Waals surface area contributed by atoms with Crippen molar-refractivity contribution in [3.63, 3.8) is 0 Å². The summed E-state index contributed by atoms with van der Waals surface area (Å²) in [5, 5.41) is 1.48. The van der Waals surface area contributed by atoms with Gasteiger partial charge in [-0.25, -0.2) is 4.39 Å². The van der Waals surface area contributed by atoms with E-state index in [0.29, 0.717) is 37.5 Å². The zero-order valence-corrected chi connectivity index (χ0v) is 16.7. The van der Waals surface area contributed by atoms with Crippen molar-refractivity contribution in [2.24, 2.45) is 0 Å². The first kappa shape index (κ1) is 19.9. The Morgan fingerprint density at radius 2 is 1.93 bits per heavy atom. The van der Waals surface area contributed by atoms with E-state index in [4.69, 9.17) is 4.74 Å². The molecule has 0 unspecified atom stereocenters. The Morgan fingerprint density at radius 3 is 2.59 bits per heavy atom. The fourth-order valence-electron chi connectivity index (χ4n) is 3.88. The van der Waals surface area contributed by atoms with Crippen molar-refractivity contribution in [1.82, 2.24) is 0 Å². The summed E-state index contributed by atoms with van der Waals surface area (Å²) in [4.78, 5) is 24.7. The summed E-state index contributed by atoms with van der Waals surface area (Å²) in [6.45, 7) is 4.02. The maximum atomic E-state index is 14.9. The van der Waals surface area contributed by atoms with Gasteiger partial charge in [-0.2, -0.15) is 0 Å². The zero-order chi connectivity index (χ0) is 19.4. The van der Waals surface area contributed by atoms with E-state index in [-0.39, 0.29) is 24.2 Å². The van der Waals surface area contributed by atoms with Gasteiger partial charge in [-0.1, -0.05) is 32.0 Å². The number of carbonyl (C=O) groups is 2. The van der Waals surface area contributed by atoms with Crippen molar-refractivity contribution in [1.29, 1.82) is 0 Å². The summed E-state index contributed by atoms with van der Waals surface area (Å²) in [6, 6.07) is 9.16. The highest BCUT2D eigenvalue weighted by Crippen LogP contribution is 2.44. The second kappa shape index (κ2) is 8.42. The van der Waals surface area contributed by atoms with Crippen LogP contribution in [0.3, 0.4) is 0 Å². The SMILES string of the molecule is CCSc1ccc(F)c2c(C3(COC(=O)CC)CCC(=O)CC3)cccc12. The molecule has 27 heavy (non-hydrogen) atoms. The van der Waals surface area contributed by atoms with Crippen LogP contribution in [0.5, 0.6) is 0 Å². The fraction of sp³-hybridized carbons (Fsp3) is 0.455. The highest BCUT2D eigenvalue weighted by molar-refractivity contribution is 7.99. The van der Waals surface area contributed by atoms with E-state index in [2.05, 4.69) is 6.92 Å². The molecule has 0 bridgehead atoms. The Morgan fingerprint density at radius 1 is 1.19 bits per heavy atom. The number of ketones is 1. The van der Waals surface area contributed by atoms with Gasteiger partial charge in [-0.15, -0.1) is 11.8 Å². The Bertz CT molecular complexity index is 852. The molecule has 0 saturated heterocycles. The quantitative estimate of drug-likeness (QED) is 0.489. The molecule has 5 heteroatoms. The van der Waals surface area contributed by atoms with Crippen LogP contribution in [0, 0.1) is 5.82 Å². The second-order valence-electron chi connectivity index (χ2n) is 7.04. The Labute approximate surface area is 163 Å². The summed E-state index contributed by atoms with van der Waals surface area (Å²) in [5.41, 5.74) is 0.335. The van der Waals surface area contributed by atoms with E-state index in [1.807, 2.05) is 24.3 Å². The lowest BCUT2D eigenvalue weighted by Crippen LogP contribution is -2.37. The molecule has 0 aromatic heterocycles. The van der Waals surface area contributed by atoms with Crippen molar-refractivity contribution in [2.45, 2.75) is 56.3 Å². The minimum Gasteiger partial charge on any atom is -0.465 e. The van der Waals surface area contributed by atoms with Gasteiger partial charge in [-0.05, 0) is 41.7 Å². The van der Waals surface area contributed by atoms with Gasteiger partial charge < -0.3 is 4.74 Å². The van der Waals surface area contributed by atoms with E-state index in [9.17, 15) is 14.0 Å². The molecule has 0 atom stereocenters. The highest BCUT2D eigenvalue weighted by Gasteiger charge is 2.39. The van der Waals surface area contributed by atoms with Crippen LogP contribution in [0.4, 0.5) is 4.39 Å². The molecule has 3 rings (SSSR count). The van der Waals surface area contributed by atoms with E-state index >= 15 is 0 Å². The number of halogens is 1. The lowest BCUT2D eigenvalue weighted by Gasteiger charge is -2.37. The van der Waals surface area contributed by atoms with Crippen molar-refractivity contribution < 1.29 is 18.7 Å². The predicted octanol–water partition coefficient (Wildman–Crippen LogP) is 5.43. The molecule has 2 aromatic carbocycles. The first-order valence-electron chi connectivity index (χ1n) is 9.52. The molecule has 0 spiro atoms. The van der Waals surface area contributed by atoms with E-state index in [0.717, 1.165) is 21.6 Å². The van der Waals surface area contributed by atoms with E-state index in [1.54, 1.807) is 18.7 Å². The third-order valence-electron chi connectivity index (χ3n) is 5.38. The van der Waals surface area contributed by atoms with Gasteiger partial charge in [0.1, 0.15) is 18.2 Å². The van der Waals surface area contributed by atoms with Gasteiger partial charge in [-0.3, -0.25) is 9.59 Å². The van der Waals surface area contributed by atoms with Gasteiger partial charge in [0.25, 0.3) is 0 Å². The standard InChI is InChI=1S/C22H25FO3S/c1-3-20(25)26-14-22(12-10-15(24)11-13-22)17-7-5-6-16-19(27-4-2)9-8-18(23)21(16)17/h5-9H,3-4,10-14H2,1-2H3. The van der Waals surface area contributed by atoms with Crippen LogP contribution in [-0.4, -0.2) is 24.1 Å². The number of carbonyl (C=O) groups excluding carboxylic acids is 2. The third kappa shape index (κ3) is 4.03. The Hall–Kier alpha value is -1.88. The first-order valence-corrected chi connectivity index (χ1v) is 10.5. The Kier molecular flexibility index (Phi) is 6.20. The smallest absolute Gasteiger partial charge is 0.305 e. The normalized spacial score (nSPS) is 16.5. The van der Waals surface area contributed by atoms with Crippen LogP contribution in [-0.2, 0) is 19.7 Å². The van der Waals surface area contributed by atoms with Crippen molar-refractivity contribution in [3.8, 4) is 0 Å². The largest absolute Gasteiger partial charge is 0.465 e. The summed E-state index contributed by atoms with van der Waals surface area (Å²) in [5.74, 6) is 0.586. The van der Waals surface area contributed by atoms with Crippen molar-refractivity contribution in [3.05, 3.63) is 41.7 Å². The molecule has 0 aliphatic heterocycles. The monoisotopic (exact) mass is 388 g/mol. The topological polar surface area (TPSA) is 43.4 Å². The van der Waals surface area contributed by atoms with Gasteiger partial charge in [0.15, 0.2) is 0 Å². The summed E-state index contributed by atoms with van der Waals surface area (Å²) >= 11 is 1.68. The summed E-state index contributed by atoms with van der Waals surface area (Å²) in [7, 11) is 0. The molecule has 1 saturated carbocycles. The summed E-state index contributed by atoms with van der Waals surface area (Å²) < 4.78 is 20.5. The van der Waals surface area contributed by atoms with Crippen LogP contribution in [0.25, 0.3) is 10.8 Å². The maximum absolute atomic E-state index is 14.9. The molecule has 1 aliphatic carbocycles. The fourth-order valence-corrected chi connectivity index (χ4v) is 4.68. The minimum absolute atomic E-state index is 0.191. The molecular weight excluding hydrogens is 363 g/mol. The molecule has 0 heterocycles. The molecule has 0 radical (unpaired) electrons. The molecule has 0 amide bonds. The van der Waals surface area contributed by atoms with E-state index in [1.165, 1.54) is 6.07 Å². The average molecular weight is 389 g/mol. The van der Waals surface area contributed by atoms with Crippen LogP contribution in [0.1, 0.15) is 51.5 Å². The molecule has 2 aromatic rings. The lowest BCUT2D eigenvalue weighted by atomic mass is 9.68. The molecule has 3 nitrogen and oxygen atoms in total. The average Bonchev–Trinajstić information content (AvgIpc) is 2.69. The molecule has 1 aliphatic rings. The highest BCUT2D eigenvalue weighted by atomic mass is 32.2. The van der Waals surface area contributed by atoms with Crippen LogP contribution >= 0.6 is 11.8 Å². The number of thioether (sulfide) groups is 1. The molecule has 1 fully saturated rings. The molecular formula is C22H25FO3S. The van der Waals surface area contributed by atoms with Crippen LogP contribution in [0.15, 0.2) is 35.2 Å². The number of ether oxygens (including phenoxy) is 1. The van der Waals surface area contributed by atoms with E-state index < -0.39 is 5.41 Å². The van der Waals surface area contributed by atoms with Gasteiger partial charge in [0, 0.05) is 35.0 Å². The van der Waals surface area contributed by atoms with Gasteiger partial charge >= 0.3 is 5.97 Å². The first-order chi connectivity index (χ1) is 13.0. The third-order valence-corrected chi connectivity index (χ3v) is 6.34. The Balaban J connectivity index is 2.14. The number of rotatable bonds is 6. The number of Topliss-reactive ketones (excluding diaryl/α,β-unsaturated/α-hetero) is 1. The van der Waals surface area contributed by atoms with Crippen LogP contribution < -0.4 is 0 Å². The van der Waals surface area contributed by atoms with Gasteiger partial charge in [0.2, 0.25) is 0 Å². The van der Waals surface area contributed by atoms with Gasteiger partial charge in [0.05, 0.1) is 0 Å². The summed E-state index contributed by atoms with van der Waals surface area (Å²) in [6.07, 6.45) is 2.32. The minimum atomic E-state index is -0.519. The van der Waals surface area contributed by atoms with Crippen LogP contribution in [0.2, 0.25) is 0 Å². The number of hydrogen-bond donors (Lipinski definition) is 0. The number of hydrogen-bond acceptors (Lipinski definition) is 4. The molecule has 0 N–H and O–H groups in total. The second-order valence-corrected chi connectivity index (χ2v) is 8.35. The lowest BCUT2D eigenvalue weighted by molar-refractivity contribution is -0.145. The van der Waals surface area contributed by atoms with Crippen molar-refractivity contribution in [2.75, 3.05) is 12.4 Å². The number of fused-ring (bicyclic) bond motifs is 1. The van der Waals surface area contributed by atoms with Crippen molar-refractivity contribution >= 4 is 34.3 Å². The number of benzene rings is 2.